The predicted octanol–water partition coefficient (Wildman–Crippen LogP) is 3.25. The Hall–Kier alpha value is -4.05. The van der Waals surface area contributed by atoms with Crippen LogP contribution in [0.25, 0.3) is 0 Å². The maximum absolute atomic E-state index is 13.5. The van der Waals surface area contributed by atoms with E-state index >= 15 is 0 Å². The first kappa shape index (κ1) is 25.6. The summed E-state index contributed by atoms with van der Waals surface area (Å²) in [5.41, 5.74) is 2.20. The molecule has 1 fully saturated rings. The molecule has 10 heteroatoms. The number of piperazine rings is 1. The lowest BCUT2D eigenvalue weighted by molar-refractivity contribution is 0.0731. The number of benzene rings is 2. The van der Waals surface area contributed by atoms with Crippen molar-refractivity contribution in [3.63, 3.8) is 0 Å². The number of fused-ring (bicyclic) bond motifs is 1. The van der Waals surface area contributed by atoms with E-state index in [1.165, 1.54) is 0 Å². The molecule has 0 bridgehead atoms. The van der Waals surface area contributed by atoms with Gasteiger partial charge < -0.3 is 33.6 Å². The number of methoxy groups -OCH3 is 3. The molecule has 5 rings (SSSR count). The van der Waals surface area contributed by atoms with Crippen LogP contribution in [-0.4, -0.2) is 86.8 Å². The van der Waals surface area contributed by atoms with Crippen LogP contribution < -0.4 is 23.8 Å². The van der Waals surface area contributed by atoms with E-state index in [-0.39, 0.29) is 5.91 Å². The van der Waals surface area contributed by atoms with Crippen LogP contribution in [0.4, 0.5) is 5.95 Å². The molecule has 38 heavy (non-hydrogen) atoms. The highest BCUT2D eigenvalue weighted by molar-refractivity contribution is 5.95. The van der Waals surface area contributed by atoms with Gasteiger partial charge in [0.15, 0.2) is 0 Å². The molecule has 3 heterocycles. The third-order valence-electron chi connectivity index (χ3n) is 6.94. The molecule has 0 aliphatic carbocycles. The van der Waals surface area contributed by atoms with Crippen LogP contribution in [0.3, 0.4) is 0 Å². The zero-order valence-electron chi connectivity index (χ0n) is 22.3. The molecule has 0 radical (unpaired) electrons. The summed E-state index contributed by atoms with van der Waals surface area (Å²) in [5.74, 6) is 3.41. The Morgan fingerprint density at radius 2 is 1.47 bits per heavy atom. The summed E-state index contributed by atoms with van der Waals surface area (Å²) < 4.78 is 22.4. The van der Waals surface area contributed by atoms with Gasteiger partial charge in [0.25, 0.3) is 5.91 Å². The molecule has 10 nitrogen and oxygen atoms in total. The molecule has 0 atom stereocenters. The molecule has 0 N–H and O–H groups in total. The number of likely N-dealkylation sites (N-methyl/N-ethyl adjacent to an activating group) is 1. The van der Waals surface area contributed by atoms with Crippen molar-refractivity contribution in [2.75, 3.05) is 66.0 Å². The van der Waals surface area contributed by atoms with Gasteiger partial charge in [0, 0.05) is 56.8 Å². The van der Waals surface area contributed by atoms with E-state index in [0.29, 0.717) is 59.9 Å². The fourth-order valence-electron chi connectivity index (χ4n) is 4.67. The number of carbonyl (C=O) groups excluding carboxylic acids is 1. The number of amides is 1. The van der Waals surface area contributed by atoms with Gasteiger partial charge in [0.05, 0.1) is 39.1 Å². The van der Waals surface area contributed by atoms with Crippen LogP contribution in [0.15, 0.2) is 42.5 Å². The van der Waals surface area contributed by atoms with Gasteiger partial charge in [-0.25, -0.2) is 4.98 Å². The second kappa shape index (κ2) is 11.1. The second-order valence-electron chi connectivity index (χ2n) is 9.40. The third kappa shape index (κ3) is 5.45. The van der Waals surface area contributed by atoms with Crippen LogP contribution in [0.1, 0.15) is 21.6 Å². The molecule has 2 aliphatic heterocycles. The summed E-state index contributed by atoms with van der Waals surface area (Å²) in [7, 11) is 6.87. The van der Waals surface area contributed by atoms with Gasteiger partial charge >= 0.3 is 0 Å². The molecule has 1 aromatic heterocycles. The van der Waals surface area contributed by atoms with Crippen LogP contribution in [0.2, 0.25) is 0 Å². The van der Waals surface area contributed by atoms with Gasteiger partial charge in [-0.2, -0.15) is 4.98 Å². The number of anilines is 1. The van der Waals surface area contributed by atoms with E-state index in [2.05, 4.69) is 16.8 Å². The van der Waals surface area contributed by atoms with Crippen LogP contribution in [-0.2, 0) is 13.0 Å². The minimum absolute atomic E-state index is 0.122. The molecule has 1 saturated heterocycles. The predicted molar refractivity (Wildman–Crippen MR) is 143 cm³/mol. The highest BCUT2D eigenvalue weighted by Crippen LogP contribution is 2.34. The number of nitrogens with zero attached hydrogens (tertiary/aromatic N) is 5. The number of hydrogen-bond acceptors (Lipinski definition) is 9. The Bertz CT molecular complexity index is 1290. The van der Waals surface area contributed by atoms with Crippen molar-refractivity contribution in [3.05, 3.63) is 59.3 Å². The Morgan fingerprint density at radius 1 is 0.816 bits per heavy atom. The van der Waals surface area contributed by atoms with Gasteiger partial charge in [-0.1, -0.05) is 6.07 Å². The Labute approximate surface area is 222 Å². The van der Waals surface area contributed by atoms with Crippen LogP contribution >= 0.6 is 0 Å². The molecule has 0 spiro atoms. The van der Waals surface area contributed by atoms with Gasteiger partial charge in [0.2, 0.25) is 11.8 Å². The Balaban J connectivity index is 1.48. The van der Waals surface area contributed by atoms with E-state index in [9.17, 15) is 4.79 Å². The summed E-state index contributed by atoms with van der Waals surface area (Å²) in [5, 5.41) is 0. The van der Waals surface area contributed by atoms with Crippen molar-refractivity contribution in [1.82, 2.24) is 19.8 Å². The highest BCUT2D eigenvalue weighted by Gasteiger charge is 2.29. The zero-order valence-corrected chi connectivity index (χ0v) is 22.3. The van der Waals surface area contributed by atoms with Crippen molar-refractivity contribution in [3.8, 4) is 28.9 Å². The quantitative estimate of drug-likeness (QED) is 0.467. The normalized spacial score (nSPS) is 15.6. The van der Waals surface area contributed by atoms with Gasteiger partial charge in [-0.3, -0.25) is 4.79 Å². The first-order valence-electron chi connectivity index (χ1n) is 12.6. The SMILES string of the molecule is COc1cccc(Oc2nc(N3CCN(C)CC3)nc3c2CN(C(=O)c2cc(OC)cc(OC)c2)CC3)c1. The monoisotopic (exact) mass is 519 g/mol. The lowest BCUT2D eigenvalue weighted by Gasteiger charge is -2.34. The third-order valence-corrected chi connectivity index (χ3v) is 6.94. The Kier molecular flexibility index (Phi) is 7.50. The molecule has 2 aromatic carbocycles. The van der Waals surface area contributed by atoms with Gasteiger partial charge in [0.1, 0.15) is 23.0 Å². The number of carbonyl (C=O) groups is 1. The van der Waals surface area contributed by atoms with E-state index in [1.54, 1.807) is 44.4 Å². The first-order chi connectivity index (χ1) is 18.5. The summed E-state index contributed by atoms with van der Waals surface area (Å²) in [6, 6.07) is 12.6. The lowest BCUT2D eigenvalue weighted by Crippen LogP contribution is -2.45. The molecule has 200 valence electrons. The van der Waals surface area contributed by atoms with E-state index in [4.69, 9.17) is 28.9 Å². The molecule has 2 aliphatic rings. The van der Waals surface area contributed by atoms with Crippen molar-refractivity contribution in [2.45, 2.75) is 13.0 Å². The Morgan fingerprint density at radius 3 is 2.16 bits per heavy atom. The first-order valence-corrected chi connectivity index (χ1v) is 12.6. The molecule has 1 amide bonds. The van der Waals surface area contributed by atoms with Crippen molar-refractivity contribution < 1.29 is 23.7 Å². The molecular weight excluding hydrogens is 486 g/mol. The van der Waals surface area contributed by atoms with E-state index in [1.807, 2.05) is 24.3 Å². The second-order valence-corrected chi connectivity index (χ2v) is 9.40. The minimum atomic E-state index is -0.122. The summed E-state index contributed by atoms with van der Waals surface area (Å²) >= 11 is 0. The van der Waals surface area contributed by atoms with E-state index in [0.717, 1.165) is 37.4 Å². The number of hydrogen-bond donors (Lipinski definition) is 0. The van der Waals surface area contributed by atoms with Crippen molar-refractivity contribution in [2.24, 2.45) is 0 Å². The minimum Gasteiger partial charge on any atom is -0.497 e. The zero-order chi connectivity index (χ0) is 26.6. The fourth-order valence-corrected chi connectivity index (χ4v) is 4.67. The standard InChI is InChI=1S/C28H33N5O5/c1-31-10-12-32(13-11-31)28-29-25-8-9-33(27(34)19-14-22(36-3)17-23(15-19)37-4)18-24(25)26(30-28)38-21-7-5-6-20(16-21)35-2/h5-7,14-17H,8-13,18H2,1-4H3. The maximum Gasteiger partial charge on any atom is 0.254 e. The largest absolute Gasteiger partial charge is 0.497 e. The van der Waals surface area contributed by atoms with Gasteiger partial charge in [-0.15, -0.1) is 0 Å². The topological polar surface area (TPSA) is 89.5 Å². The maximum atomic E-state index is 13.5. The number of ether oxygens (including phenoxy) is 4. The summed E-state index contributed by atoms with van der Waals surface area (Å²) in [4.78, 5) is 29.6. The number of aromatic nitrogens is 2. The van der Waals surface area contributed by atoms with Crippen LogP contribution in [0.5, 0.6) is 28.9 Å². The molecule has 0 saturated carbocycles. The van der Waals surface area contributed by atoms with Crippen molar-refractivity contribution in [1.29, 1.82) is 0 Å². The summed E-state index contributed by atoms with van der Waals surface area (Å²) in [6.45, 7) is 4.43. The van der Waals surface area contributed by atoms with Crippen LogP contribution in [0, 0.1) is 0 Å². The average molecular weight is 520 g/mol. The average Bonchev–Trinajstić information content (AvgIpc) is 2.96. The smallest absolute Gasteiger partial charge is 0.254 e. The van der Waals surface area contributed by atoms with E-state index < -0.39 is 0 Å². The van der Waals surface area contributed by atoms with Gasteiger partial charge in [-0.05, 0) is 31.3 Å². The highest BCUT2D eigenvalue weighted by atomic mass is 16.5. The summed E-state index contributed by atoms with van der Waals surface area (Å²) in [6.07, 6.45) is 0.597. The molecule has 0 unspecified atom stereocenters. The van der Waals surface area contributed by atoms with Crippen molar-refractivity contribution >= 4 is 11.9 Å². The lowest BCUT2D eigenvalue weighted by atomic mass is 10.0. The fraction of sp³-hybridized carbons (Fsp3) is 0.393. The molecular formula is C28H33N5O5. The molecule has 3 aromatic rings. The number of rotatable bonds is 7.